The Kier molecular flexibility index (Phi) is 4.20. The van der Waals surface area contributed by atoms with Gasteiger partial charge in [0.25, 0.3) is 0 Å². The molecular formula is C10H8N2NaO2. The molecule has 1 heterocycles. The van der Waals surface area contributed by atoms with E-state index in [1.165, 1.54) is 0 Å². The smallest absolute Gasteiger partial charge is 0.331 e. The maximum Gasteiger partial charge on any atom is 0.331 e. The molecule has 0 amide bonds. The van der Waals surface area contributed by atoms with E-state index in [1.807, 2.05) is 6.08 Å². The minimum Gasteiger partial charge on any atom is -0.478 e. The molecule has 0 spiro atoms. The first-order chi connectivity index (χ1) is 6.77. The van der Waals surface area contributed by atoms with Crippen molar-refractivity contribution >= 4 is 47.5 Å². The molecule has 5 heteroatoms. The monoisotopic (exact) mass is 211 g/mol. The first kappa shape index (κ1) is 12.1. The molecule has 1 radical (unpaired) electrons. The van der Waals surface area contributed by atoms with Crippen LogP contribution in [-0.4, -0.2) is 52.6 Å². The minimum atomic E-state index is -0.903. The van der Waals surface area contributed by atoms with E-state index < -0.39 is 5.97 Å². The number of hydrogen-bond acceptors (Lipinski definition) is 3. The van der Waals surface area contributed by atoms with Crippen LogP contribution in [0, 0.1) is 0 Å². The van der Waals surface area contributed by atoms with Crippen molar-refractivity contribution in [2.75, 3.05) is 0 Å². The van der Waals surface area contributed by atoms with Crippen molar-refractivity contribution < 1.29 is 9.90 Å². The molecule has 0 saturated heterocycles. The molecular weight excluding hydrogens is 203 g/mol. The molecule has 0 fully saturated rings. The fraction of sp³-hybridized carbons (Fsp3) is 0.100. The number of fused-ring (bicyclic) bond motifs is 1. The maximum absolute atomic E-state index is 10.7. The number of carboxylic acid groups (broad SMARTS) is 1. The molecule has 0 atom stereocenters. The van der Waals surface area contributed by atoms with Gasteiger partial charge in [-0.05, 0) is 11.6 Å². The molecule has 0 aromatic rings. The Morgan fingerprint density at radius 1 is 1.40 bits per heavy atom. The second kappa shape index (κ2) is 5.21. The van der Waals surface area contributed by atoms with Crippen LogP contribution in [0.5, 0.6) is 0 Å². The van der Waals surface area contributed by atoms with Gasteiger partial charge >= 0.3 is 5.97 Å². The average molecular weight is 211 g/mol. The molecule has 0 unspecified atom stereocenters. The van der Waals surface area contributed by atoms with Crippen molar-refractivity contribution in [3.63, 3.8) is 0 Å². The van der Waals surface area contributed by atoms with E-state index in [9.17, 15) is 4.79 Å². The predicted octanol–water partition coefficient (Wildman–Crippen LogP) is 0.943. The third-order valence-electron chi connectivity index (χ3n) is 2.04. The number of aliphatic carboxylic acids is 1. The summed E-state index contributed by atoms with van der Waals surface area (Å²) in [6, 6.07) is 0. The van der Waals surface area contributed by atoms with E-state index in [2.05, 4.69) is 10.2 Å². The second-order valence-corrected chi connectivity index (χ2v) is 2.97. The van der Waals surface area contributed by atoms with Gasteiger partial charge < -0.3 is 5.11 Å². The Balaban J connectivity index is 0.00000112. The summed E-state index contributed by atoms with van der Waals surface area (Å²) in [6.07, 6.45) is 8.91. The summed E-state index contributed by atoms with van der Waals surface area (Å²) in [6.45, 7) is 0. The Morgan fingerprint density at radius 3 is 2.93 bits per heavy atom. The first-order valence-electron chi connectivity index (χ1n) is 4.18. The van der Waals surface area contributed by atoms with Gasteiger partial charge in [0.1, 0.15) is 0 Å². The van der Waals surface area contributed by atoms with Crippen molar-refractivity contribution in [3.05, 3.63) is 35.5 Å². The Morgan fingerprint density at radius 2 is 2.20 bits per heavy atom. The zero-order valence-electron chi connectivity index (χ0n) is 8.34. The summed E-state index contributed by atoms with van der Waals surface area (Å²) in [4.78, 5) is 10.7. The summed E-state index contributed by atoms with van der Waals surface area (Å²) in [5.41, 5.74) is 1.97. The zero-order chi connectivity index (χ0) is 9.97. The van der Waals surface area contributed by atoms with Gasteiger partial charge in [-0.25, -0.2) is 4.79 Å². The summed E-state index contributed by atoms with van der Waals surface area (Å²) < 4.78 is 0. The van der Waals surface area contributed by atoms with Crippen molar-refractivity contribution in [2.24, 2.45) is 10.2 Å². The van der Waals surface area contributed by atoms with Crippen LogP contribution in [0.2, 0.25) is 0 Å². The van der Waals surface area contributed by atoms with Crippen LogP contribution in [0.25, 0.3) is 0 Å². The summed E-state index contributed by atoms with van der Waals surface area (Å²) in [5, 5.41) is 16.5. The molecule has 15 heavy (non-hydrogen) atoms. The fourth-order valence-electron chi connectivity index (χ4n) is 1.31. The SMILES string of the molecule is O=C(O)C1=CC=C2C=CC=NN=C2C1.[Na]. The van der Waals surface area contributed by atoms with Gasteiger partial charge in [-0.3, -0.25) is 0 Å². The van der Waals surface area contributed by atoms with Crippen LogP contribution >= 0.6 is 0 Å². The second-order valence-electron chi connectivity index (χ2n) is 2.97. The predicted molar refractivity (Wildman–Crippen MR) is 59.2 cm³/mol. The van der Waals surface area contributed by atoms with Gasteiger partial charge in [-0.2, -0.15) is 10.2 Å². The summed E-state index contributed by atoms with van der Waals surface area (Å²) >= 11 is 0. The van der Waals surface area contributed by atoms with Gasteiger partial charge in [0.15, 0.2) is 0 Å². The number of nitrogens with zero attached hydrogens (tertiary/aromatic N) is 2. The van der Waals surface area contributed by atoms with E-state index in [0.29, 0.717) is 17.7 Å². The van der Waals surface area contributed by atoms with Crippen molar-refractivity contribution in [3.8, 4) is 0 Å². The van der Waals surface area contributed by atoms with E-state index in [4.69, 9.17) is 5.11 Å². The van der Waals surface area contributed by atoms with Gasteiger partial charge in [-0.1, -0.05) is 18.2 Å². The van der Waals surface area contributed by atoms with E-state index >= 15 is 0 Å². The van der Waals surface area contributed by atoms with Crippen LogP contribution in [0.4, 0.5) is 0 Å². The molecule has 0 aromatic heterocycles. The average Bonchev–Trinajstić information content (AvgIpc) is 2.41. The van der Waals surface area contributed by atoms with E-state index in [-0.39, 0.29) is 29.6 Å². The summed E-state index contributed by atoms with van der Waals surface area (Å²) in [7, 11) is 0. The Bertz CT molecular complexity index is 431. The van der Waals surface area contributed by atoms with E-state index in [1.54, 1.807) is 24.4 Å². The Hall–Kier alpha value is -0.970. The van der Waals surface area contributed by atoms with Crippen molar-refractivity contribution in [2.45, 2.75) is 6.42 Å². The zero-order valence-corrected chi connectivity index (χ0v) is 10.3. The van der Waals surface area contributed by atoms with Crippen molar-refractivity contribution in [1.82, 2.24) is 0 Å². The molecule has 1 N–H and O–H groups in total. The van der Waals surface area contributed by atoms with Gasteiger partial charge in [0, 0.05) is 47.8 Å². The third-order valence-corrected chi connectivity index (χ3v) is 2.04. The number of carbonyl (C=O) groups is 1. The van der Waals surface area contributed by atoms with Crippen LogP contribution < -0.4 is 0 Å². The molecule has 1 aliphatic heterocycles. The van der Waals surface area contributed by atoms with E-state index in [0.717, 1.165) is 5.57 Å². The molecule has 0 saturated carbocycles. The molecule has 4 nitrogen and oxygen atoms in total. The van der Waals surface area contributed by atoms with Crippen LogP contribution in [0.3, 0.4) is 0 Å². The number of hydrogen-bond donors (Lipinski definition) is 1. The topological polar surface area (TPSA) is 62.0 Å². The molecule has 1 aliphatic carbocycles. The third kappa shape index (κ3) is 2.75. The minimum absolute atomic E-state index is 0. The number of allylic oxidation sites excluding steroid dienone is 5. The quantitative estimate of drug-likeness (QED) is 0.656. The van der Waals surface area contributed by atoms with Crippen LogP contribution in [-0.2, 0) is 4.79 Å². The van der Waals surface area contributed by atoms with Crippen molar-refractivity contribution in [1.29, 1.82) is 0 Å². The maximum atomic E-state index is 10.7. The largest absolute Gasteiger partial charge is 0.478 e. The molecule has 71 valence electrons. The first-order valence-corrected chi connectivity index (χ1v) is 4.18. The standard InChI is InChI=1S/C10H8N2O2.Na/c13-10(14)8-4-3-7-2-1-5-11-12-9(7)6-8;/h1-5H,6H2,(H,13,14);. The van der Waals surface area contributed by atoms with Crippen LogP contribution in [0.1, 0.15) is 6.42 Å². The van der Waals surface area contributed by atoms with Crippen LogP contribution in [0.15, 0.2) is 45.7 Å². The van der Waals surface area contributed by atoms with Gasteiger partial charge in [0.05, 0.1) is 5.71 Å². The molecule has 2 rings (SSSR count). The summed E-state index contributed by atoms with van der Waals surface area (Å²) in [5.74, 6) is -0.903. The van der Waals surface area contributed by atoms with Gasteiger partial charge in [-0.15, -0.1) is 0 Å². The fourth-order valence-corrected chi connectivity index (χ4v) is 1.31. The molecule has 0 bridgehead atoms. The molecule has 0 aromatic carbocycles. The molecule has 2 aliphatic rings. The normalized spacial score (nSPS) is 17.7. The number of rotatable bonds is 1. The van der Waals surface area contributed by atoms with Gasteiger partial charge in [0.2, 0.25) is 0 Å². The Labute approximate surface area is 109 Å². The number of carboxylic acids is 1.